The molecule has 1 unspecified atom stereocenters. The summed E-state index contributed by atoms with van der Waals surface area (Å²) in [5, 5.41) is 9.58. The summed E-state index contributed by atoms with van der Waals surface area (Å²) in [5.74, 6) is -2.11. The molecule has 0 bridgehead atoms. The van der Waals surface area contributed by atoms with Crippen LogP contribution in [-0.2, 0) is 20.7 Å². The molecule has 1 N–H and O–H groups in total. The summed E-state index contributed by atoms with van der Waals surface area (Å²) < 4.78 is 10.5. The van der Waals surface area contributed by atoms with Gasteiger partial charge in [-0.3, -0.25) is 4.79 Å². The van der Waals surface area contributed by atoms with E-state index in [1.165, 1.54) is 0 Å². The molecule has 27 heavy (non-hydrogen) atoms. The third-order valence-electron chi connectivity index (χ3n) is 3.30. The number of nitrogens with zero attached hydrogens (tertiary/aromatic N) is 1. The highest BCUT2D eigenvalue weighted by Gasteiger charge is 2.34. The van der Waals surface area contributed by atoms with E-state index in [1.807, 2.05) is 6.07 Å². The molecule has 0 saturated heterocycles. The van der Waals surface area contributed by atoms with Gasteiger partial charge < -0.3 is 14.6 Å². The van der Waals surface area contributed by atoms with Crippen LogP contribution in [0.25, 0.3) is 0 Å². The number of aliphatic carboxylic acids is 1. The molecular formula is C20H29NO6. The van der Waals surface area contributed by atoms with Gasteiger partial charge in [-0.2, -0.15) is 0 Å². The van der Waals surface area contributed by atoms with Crippen LogP contribution in [0.15, 0.2) is 30.3 Å². The minimum Gasteiger partial charge on any atom is -0.481 e. The van der Waals surface area contributed by atoms with Gasteiger partial charge in [0.2, 0.25) is 0 Å². The number of benzene rings is 1. The maximum Gasteiger partial charge on any atom is 0.419 e. The quantitative estimate of drug-likeness (QED) is 0.828. The first kappa shape index (κ1) is 22.5. The van der Waals surface area contributed by atoms with Crippen LogP contribution < -0.4 is 0 Å². The summed E-state index contributed by atoms with van der Waals surface area (Å²) in [5.41, 5.74) is -0.886. The third-order valence-corrected chi connectivity index (χ3v) is 3.30. The van der Waals surface area contributed by atoms with E-state index in [9.17, 15) is 19.5 Å². The third kappa shape index (κ3) is 8.57. The molecule has 0 spiro atoms. The molecule has 7 heteroatoms. The van der Waals surface area contributed by atoms with E-state index in [-0.39, 0.29) is 13.0 Å². The molecule has 2 amide bonds. The number of carbonyl (C=O) groups excluding carboxylic acids is 2. The molecule has 150 valence electrons. The second kappa shape index (κ2) is 8.88. The van der Waals surface area contributed by atoms with Gasteiger partial charge in [0.05, 0.1) is 5.92 Å². The SMILES string of the molecule is CC(C)(C)OC(=O)N(CC(Cc1ccccc1)C(=O)O)C(=O)OC(C)(C)C. The number of carboxylic acid groups (broad SMARTS) is 1. The molecule has 0 aliphatic carbocycles. The van der Waals surface area contributed by atoms with Crippen LogP contribution in [0.2, 0.25) is 0 Å². The van der Waals surface area contributed by atoms with Gasteiger partial charge in [0, 0.05) is 6.54 Å². The van der Waals surface area contributed by atoms with Crippen LogP contribution >= 0.6 is 0 Å². The molecule has 1 aromatic rings. The molecule has 0 saturated carbocycles. The fourth-order valence-electron chi connectivity index (χ4n) is 2.21. The van der Waals surface area contributed by atoms with Crippen LogP contribution in [0.3, 0.4) is 0 Å². The monoisotopic (exact) mass is 379 g/mol. The zero-order chi connectivity index (χ0) is 20.8. The highest BCUT2D eigenvalue weighted by atomic mass is 16.6. The lowest BCUT2D eigenvalue weighted by atomic mass is 9.99. The Bertz CT molecular complexity index is 629. The first-order chi connectivity index (χ1) is 12.3. The number of imide groups is 1. The van der Waals surface area contributed by atoms with E-state index >= 15 is 0 Å². The van der Waals surface area contributed by atoms with Crippen molar-refractivity contribution in [2.75, 3.05) is 6.54 Å². The van der Waals surface area contributed by atoms with E-state index in [0.29, 0.717) is 0 Å². The lowest BCUT2D eigenvalue weighted by molar-refractivity contribution is -0.142. The Morgan fingerprint density at radius 1 is 0.926 bits per heavy atom. The standard InChI is InChI=1S/C20H29NO6/c1-19(2,3)26-17(24)21(18(25)27-20(4,5)6)13-15(16(22)23)12-14-10-8-7-9-11-14/h7-11,15H,12-13H2,1-6H3,(H,22,23). The number of hydrogen-bond donors (Lipinski definition) is 1. The molecule has 1 rings (SSSR count). The van der Waals surface area contributed by atoms with Crippen LogP contribution in [-0.4, -0.2) is 45.9 Å². The van der Waals surface area contributed by atoms with Crippen molar-refractivity contribution in [3.8, 4) is 0 Å². The summed E-state index contributed by atoms with van der Waals surface area (Å²) in [4.78, 5) is 37.5. The predicted octanol–water partition coefficient (Wildman–Crippen LogP) is 4.10. The fraction of sp³-hybridized carbons (Fsp3) is 0.550. The van der Waals surface area contributed by atoms with Gasteiger partial charge in [0.1, 0.15) is 11.2 Å². The predicted molar refractivity (Wildman–Crippen MR) is 100 cm³/mol. The van der Waals surface area contributed by atoms with Crippen molar-refractivity contribution >= 4 is 18.2 Å². The first-order valence-electron chi connectivity index (χ1n) is 8.79. The second-order valence-corrected chi connectivity index (χ2v) is 8.30. The van der Waals surface area contributed by atoms with Crippen molar-refractivity contribution in [3.05, 3.63) is 35.9 Å². The molecule has 1 atom stereocenters. The van der Waals surface area contributed by atoms with E-state index in [0.717, 1.165) is 10.5 Å². The Morgan fingerprint density at radius 2 is 1.37 bits per heavy atom. The summed E-state index contributed by atoms with van der Waals surface area (Å²) in [7, 11) is 0. The van der Waals surface area contributed by atoms with Gasteiger partial charge in [-0.25, -0.2) is 14.5 Å². The number of hydrogen-bond acceptors (Lipinski definition) is 5. The molecule has 0 fully saturated rings. The topological polar surface area (TPSA) is 93.1 Å². The maximum absolute atomic E-state index is 12.5. The van der Waals surface area contributed by atoms with Crippen molar-refractivity contribution < 1.29 is 29.0 Å². The number of rotatable bonds is 5. The van der Waals surface area contributed by atoms with Gasteiger partial charge in [0.25, 0.3) is 0 Å². The Morgan fingerprint density at radius 3 is 1.74 bits per heavy atom. The van der Waals surface area contributed by atoms with Gasteiger partial charge in [-0.1, -0.05) is 30.3 Å². The van der Waals surface area contributed by atoms with Crippen molar-refractivity contribution in [1.82, 2.24) is 4.90 Å². The highest BCUT2D eigenvalue weighted by molar-refractivity contribution is 5.88. The molecule has 1 aromatic carbocycles. The lowest BCUT2D eigenvalue weighted by Crippen LogP contribution is -2.47. The van der Waals surface area contributed by atoms with Gasteiger partial charge in [0.15, 0.2) is 0 Å². The Hall–Kier alpha value is -2.57. The van der Waals surface area contributed by atoms with E-state index in [1.54, 1.807) is 65.8 Å². The highest BCUT2D eigenvalue weighted by Crippen LogP contribution is 2.18. The molecule has 0 aromatic heterocycles. The summed E-state index contributed by atoms with van der Waals surface area (Å²) >= 11 is 0. The largest absolute Gasteiger partial charge is 0.481 e. The lowest BCUT2D eigenvalue weighted by Gasteiger charge is -2.30. The average Bonchev–Trinajstić information content (AvgIpc) is 2.48. The van der Waals surface area contributed by atoms with Gasteiger partial charge >= 0.3 is 18.2 Å². The Kier molecular flexibility index (Phi) is 7.39. The number of ether oxygens (including phenoxy) is 2. The molecule has 0 aliphatic rings. The number of amides is 2. The summed E-state index contributed by atoms with van der Waals surface area (Å²) in [6, 6.07) is 9.01. The molecule has 0 radical (unpaired) electrons. The molecule has 7 nitrogen and oxygen atoms in total. The Balaban J connectivity index is 3.05. The van der Waals surface area contributed by atoms with Crippen LogP contribution in [0, 0.1) is 5.92 Å². The van der Waals surface area contributed by atoms with E-state index < -0.39 is 35.3 Å². The van der Waals surface area contributed by atoms with Crippen molar-refractivity contribution in [2.45, 2.75) is 59.2 Å². The van der Waals surface area contributed by atoms with E-state index in [2.05, 4.69) is 0 Å². The molecule has 0 heterocycles. The summed E-state index contributed by atoms with van der Waals surface area (Å²) in [6.07, 6.45) is -1.70. The number of carboxylic acids is 1. The Labute approximate surface area is 160 Å². The van der Waals surface area contributed by atoms with Crippen molar-refractivity contribution in [1.29, 1.82) is 0 Å². The molecule has 0 aliphatic heterocycles. The smallest absolute Gasteiger partial charge is 0.419 e. The normalized spacial score (nSPS) is 12.8. The maximum atomic E-state index is 12.5. The zero-order valence-electron chi connectivity index (χ0n) is 16.8. The zero-order valence-corrected chi connectivity index (χ0v) is 16.8. The van der Waals surface area contributed by atoms with Crippen LogP contribution in [0.5, 0.6) is 0 Å². The second-order valence-electron chi connectivity index (χ2n) is 8.30. The van der Waals surface area contributed by atoms with Gasteiger partial charge in [-0.15, -0.1) is 0 Å². The van der Waals surface area contributed by atoms with Crippen LogP contribution in [0.4, 0.5) is 9.59 Å². The first-order valence-corrected chi connectivity index (χ1v) is 8.79. The number of carbonyl (C=O) groups is 3. The van der Waals surface area contributed by atoms with Crippen molar-refractivity contribution in [3.63, 3.8) is 0 Å². The summed E-state index contributed by atoms with van der Waals surface area (Å²) in [6.45, 7) is 9.63. The van der Waals surface area contributed by atoms with E-state index in [4.69, 9.17) is 9.47 Å². The minimum atomic E-state index is -1.11. The fourth-order valence-corrected chi connectivity index (χ4v) is 2.21. The minimum absolute atomic E-state index is 0.165. The van der Waals surface area contributed by atoms with Crippen LogP contribution in [0.1, 0.15) is 47.1 Å². The molecular weight excluding hydrogens is 350 g/mol. The van der Waals surface area contributed by atoms with Crippen molar-refractivity contribution in [2.24, 2.45) is 5.92 Å². The average molecular weight is 379 g/mol. The van der Waals surface area contributed by atoms with Gasteiger partial charge in [-0.05, 0) is 53.5 Å².